The van der Waals surface area contributed by atoms with E-state index in [4.69, 9.17) is 4.74 Å². The third kappa shape index (κ3) is 2.58. The molecule has 0 unspecified atom stereocenters. The molecule has 0 radical (unpaired) electrons. The molecular formula is C10H15N3O. The minimum Gasteiger partial charge on any atom is -0.478 e. The summed E-state index contributed by atoms with van der Waals surface area (Å²) < 4.78 is 5.28. The van der Waals surface area contributed by atoms with Crippen molar-refractivity contribution in [3.63, 3.8) is 0 Å². The van der Waals surface area contributed by atoms with Crippen LogP contribution in [0.1, 0.15) is 19.8 Å². The van der Waals surface area contributed by atoms with Crippen LogP contribution in [0.2, 0.25) is 0 Å². The van der Waals surface area contributed by atoms with Gasteiger partial charge in [0.1, 0.15) is 12.1 Å². The molecular weight excluding hydrogens is 178 g/mol. The lowest BCUT2D eigenvalue weighted by atomic mass is 10.4. The first-order chi connectivity index (χ1) is 6.88. The zero-order valence-corrected chi connectivity index (χ0v) is 8.36. The second kappa shape index (κ2) is 4.26. The summed E-state index contributed by atoms with van der Waals surface area (Å²) in [6.45, 7) is 3.60. The van der Waals surface area contributed by atoms with Crippen LogP contribution in [0.3, 0.4) is 0 Å². The van der Waals surface area contributed by atoms with E-state index in [0.717, 1.165) is 18.3 Å². The average molecular weight is 193 g/mol. The van der Waals surface area contributed by atoms with Gasteiger partial charge in [0.15, 0.2) is 0 Å². The Hall–Kier alpha value is -1.32. The average Bonchev–Trinajstić information content (AvgIpc) is 2.99. The molecule has 0 amide bonds. The van der Waals surface area contributed by atoms with E-state index in [9.17, 15) is 0 Å². The van der Waals surface area contributed by atoms with Gasteiger partial charge in [-0.05, 0) is 25.7 Å². The van der Waals surface area contributed by atoms with E-state index in [2.05, 4.69) is 15.3 Å². The first-order valence-corrected chi connectivity index (χ1v) is 5.07. The van der Waals surface area contributed by atoms with E-state index in [1.54, 1.807) is 0 Å². The van der Waals surface area contributed by atoms with Crippen LogP contribution in [0.5, 0.6) is 5.88 Å². The SMILES string of the molecule is CCOc1cc(NCC2CC2)ncn1. The number of nitrogens with zero attached hydrogens (tertiary/aromatic N) is 2. The number of aromatic nitrogens is 2. The third-order valence-corrected chi connectivity index (χ3v) is 2.20. The van der Waals surface area contributed by atoms with Crippen LogP contribution < -0.4 is 10.1 Å². The predicted octanol–water partition coefficient (Wildman–Crippen LogP) is 1.70. The van der Waals surface area contributed by atoms with Gasteiger partial charge < -0.3 is 10.1 Å². The van der Waals surface area contributed by atoms with E-state index >= 15 is 0 Å². The second-order valence-electron chi connectivity index (χ2n) is 3.50. The molecule has 4 nitrogen and oxygen atoms in total. The Morgan fingerprint density at radius 2 is 2.36 bits per heavy atom. The van der Waals surface area contributed by atoms with Crippen molar-refractivity contribution in [3.8, 4) is 5.88 Å². The molecule has 0 aromatic carbocycles. The summed E-state index contributed by atoms with van der Waals surface area (Å²) in [6.07, 6.45) is 4.22. The summed E-state index contributed by atoms with van der Waals surface area (Å²) in [5.41, 5.74) is 0. The van der Waals surface area contributed by atoms with Gasteiger partial charge in [0, 0.05) is 12.6 Å². The number of nitrogens with one attached hydrogen (secondary N) is 1. The Morgan fingerprint density at radius 3 is 3.07 bits per heavy atom. The zero-order chi connectivity index (χ0) is 9.80. The minimum atomic E-state index is 0.638. The van der Waals surface area contributed by atoms with Crippen molar-refractivity contribution in [2.75, 3.05) is 18.5 Å². The summed E-state index contributed by atoms with van der Waals surface area (Å²) in [6, 6.07) is 1.84. The highest BCUT2D eigenvalue weighted by Crippen LogP contribution is 2.28. The number of anilines is 1. The fourth-order valence-electron chi connectivity index (χ4n) is 1.23. The normalized spacial score (nSPS) is 15.2. The van der Waals surface area contributed by atoms with E-state index < -0.39 is 0 Å². The zero-order valence-electron chi connectivity index (χ0n) is 8.36. The molecule has 1 saturated carbocycles. The third-order valence-electron chi connectivity index (χ3n) is 2.20. The van der Waals surface area contributed by atoms with Gasteiger partial charge in [-0.1, -0.05) is 0 Å². The van der Waals surface area contributed by atoms with Gasteiger partial charge in [-0.2, -0.15) is 0 Å². The van der Waals surface area contributed by atoms with Gasteiger partial charge in [0.05, 0.1) is 6.61 Å². The van der Waals surface area contributed by atoms with Crippen molar-refractivity contribution < 1.29 is 4.74 Å². The van der Waals surface area contributed by atoms with Crippen LogP contribution in [0.25, 0.3) is 0 Å². The molecule has 1 aliphatic carbocycles. The summed E-state index contributed by atoms with van der Waals surface area (Å²) in [5.74, 6) is 2.34. The Kier molecular flexibility index (Phi) is 2.81. The molecule has 1 aliphatic rings. The Bertz CT molecular complexity index is 299. The van der Waals surface area contributed by atoms with Crippen LogP contribution in [-0.2, 0) is 0 Å². The summed E-state index contributed by atoms with van der Waals surface area (Å²) in [7, 11) is 0. The molecule has 4 heteroatoms. The molecule has 0 atom stereocenters. The molecule has 1 N–H and O–H groups in total. The Labute approximate surface area is 83.7 Å². The van der Waals surface area contributed by atoms with Gasteiger partial charge in [-0.15, -0.1) is 0 Å². The van der Waals surface area contributed by atoms with Gasteiger partial charge in [0.2, 0.25) is 5.88 Å². The van der Waals surface area contributed by atoms with E-state index in [1.807, 2.05) is 13.0 Å². The van der Waals surface area contributed by atoms with Crippen molar-refractivity contribution in [1.29, 1.82) is 0 Å². The lowest BCUT2D eigenvalue weighted by Crippen LogP contribution is -2.05. The number of hydrogen-bond acceptors (Lipinski definition) is 4. The lowest BCUT2D eigenvalue weighted by molar-refractivity contribution is 0.326. The highest BCUT2D eigenvalue weighted by molar-refractivity contribution is 5.37. The Morgan fingerprint density at radius 1 is 1.50 bits per heavy atom. The largest absolute Gasteiger partial charge is 0.478 e. The van der Waals surface area contributed by atoms with Crippen molar-refractivity contribution in [3.05, 3.63) is 12.4 Å². The quantitative estimate of drug-likeness (QED) is 0.773. The van der Waals surface area contributed by atoms with Crippen molar-refractivity contribution in [2.24, 2.45) is 5.92 Å². The van der Waals surface area contributed by atoms with E-state index in [-0.39, 0.29) is 0 Å². The van der Waals surface area contributed by atoms with Gasteiger partial charge >= 0.3 is 0 Å². The van der Waals surface area contributed by atoms with Crippen molar-refractivity contribution >= 4 is 5.82 Å². The number of hydrogen-bond donors (Lipinski definition) is 1. The first kappa shape index (κ1) is 9.24. The van der Waals surface area contributed by atoms with Crippen molar-refractivity contribution in [2.45, 2.75) is 19.8 Å². The first-order valence-electron chi connectivity index (χ1n) is 5.07. The van der Waals surface area contributed by atoms with Crippen LogP contribution in [0.15, 0.2) is 12.4 Å². The maximum Gasteiger partial charge on any atom is 0.218 e. The predicted molar refractivity (Wildman–Crippen MR) is 54.4 cm³/mol. The monoisotopic (exact) mass is 193 g/mol. The topological polar surface area (TPSA) is 47.0 Å². The van der Waals surface area contributed by atoms with Crippen LogP contribution in [0.4, 0.5) is 5.82 Å². The van der Waals surface area contributed by atoms with Gasteiger partial charge in [-0.3, -0.25) is 0 Å². The van der Waals surface area contributed by atoms with Crippen LogP contribution >= 0.6 is 0 Å². The van der Waals surface area contributed by atoms with Gasteiger partial charge in [-0.25, -0.2) is 9.97 Å². The highest BCUT2D eigenvalue weighted by Gasteiger charge is 2.20. The molecule has 1 aromatic heterocycles. The minimum absolute atomic E-state index is 0.638. The second-order valence-corrected chi connectivity index (χ2v) is 3.50. The summed E-state index contributed by atoms with van der Waals surface area (Å²) in [4.78, 5) is 8.12. The molecule has 0 aliphatic heterocycles. The molecule has 0 spiro atoms. The Balaban J connectivity index is 1.90. The highest BCUT2D eigenvalue weighted by atomic mass is 16.5. The molecule has 1 aromatic rings. The van der Waals surface area contributed by atoms with Crippen molar-refractivity contribution in [1.82, 2.24) is 9.97 Å². The smallest absolute Gasteiger partial charge is 0.218 e. The summed E-state index contributed by atoms with van der Waals surface area (Å²) in [5, 5.41) is 3.27. The van der Waals surface area contributed by atoms with Crippen LogP contribution in [-0.4, -0.2) is 23.1 Å². The number of ether oxygens (including phenoxy) is 1. The maximum absolute atomic E-state index is 5.28. The standard InChI is InChI=1S/C10H15N3O/c1-2-14-10-5-9(12-7-13-10)11-6-8-3-4-8/h5,7-8H,2-4,6H2,1H3,(H,11,12,13). The lowest BCUT2D eigenvalue weighted by Gasteiger charge is -2.05. The van der Waals surface area contributed by atoms with E-state index in [0.29, 0.717) is 12.5 Å². The van der Waals surface area contributed by atoms with E-state index in [1.165, 1.54) is 19.2 Å². The molecule has 2 rings (SSSR count). The molecule has 1 fully saturated rings. The molecule has 76 valence electrons. The fraction of sp³-hybridized carbons (Fsp3) is 0.600. The fourth-order valence-corrected chi connectivity index (χ4v) is 1.23. The molecule has 0 bridgehead atoms. The molecule has 14 heavy (non-hydrogen) atoms. The maximum atomic E-state index is 5.28. The summed E-state index contributed by atoms with van der Waals surface area (Å²) >= 11 is 0. The van der Waals surface area contributed by atoms with Gasteiger partial charge in [0.25, 0.3) is 0 Å². The molecule has 0 saturated heterocycles. The molecule has 1 heterocycles. The number of rotatable bonds is 5. The van der Waals surface area contributed by atoms with Crippen LogP contribution in [0, 0.1) is 5.92 Å².